The molecule has 0 saturated carbocycles. The number of aromatic nitrogens is 2. The summed E-state index contributed by atoms with van der Waals surface area (Å²) in [6, 6.07) is 11.2. The van der Waals surface area contributed by atoms with Crippen LogP contribution in [0.2, 0.25) is 0 Å². The van der Waals surface area contributed by atoms with Gasteiger partial charge in [0, 0.05) is 17.1 Å². The van der Waals surface area contributed by atoms with E-state index in [1.54, 1.807) is 26.0 Å². The van der Waals surface area contributed by atoms with Gasteiger partial charge in [0.15, 0.2) is 11.9 Å². The van der Waals surface area contributed by atoms with Crippen molar-refractivity contribution in [2.24, 2.45) is 0 Å². The highest BCUT2D eigenvalue weighted by Crippen LogP contribution is 2.25. The minimum Gasteiger partial charge on any atom is -0.479 e. The first-order chi connectivity index (χ1) is 11.0. The fraction of sp³-hybridized carbons (Fsp3) is 0.235. The first-order valence-electron chi connectivity index (χ1n) is 7.30. The van der Waals surface area contributed by atoms with E-state index >= 15 is 0 Å². The number of ether oxygens (including phenoxy) is 1. The van der Waals surface area contributed by atoms with Crippen LogP contribution in [0.4, 0.5) is 5.82 Å². The van der Waals surface area contributed by atoms with Crippen LogP contribution < -0.4 is 10.1 Å². The molecular weight excluding hydrogens is 294 g/mol. The summed E-state index contributed by atoms with van der Waals surface area (Å²) in [5.41, 5.74) is 1.63. The third-order valence-corrected chi connectivity index (χ3v) is 3.37. The van der Waals surface area contributed by atoms with Gasteiger partial charge in [-0.05, 0) is 32.9 Å². The number of aryl methyl sites for hydroxylation is 2. The van der Waals surface area contributed by atoms with Crippen molar-refractivity contribution >= 4 is 22.6 Å². The Morgan fingerprint density at radius 3 is 2.83 bits per heavy atom. The number of anilines is 1. The van der Waals surface area contributed by atoms with E-state index in [1.165, 1.54) is 0 Å². The van der Waals surface area contributed by atoms with Crippen molar-refractivity contribution in [2.75, 3.05) is 5.32 Å². The number of hydrogen-bond acceptors (Lipinski definition) is 5. The van der Waals surface area contributed by atoms with Crippen LogP contribution in [0.3, 0.4) is 0 Å². The minimum absolute atomic E-state index is 0.303. The summed E-state index contributed by atoms with van der Waals surface area (Å²) in [6.45, 7) is 5.35. The molecule has 0 aliphatic rings. The van der Waals surface area contributed by atoms with E-state index in [0.29, 0.717) is 17.3 Å². The van der Waals surface area contributed by atoms with Crippen LogP contribution in [0, 0.1) is 13.8 Å². The number of hydrogen-bond donors (Lipinski definition) is 1. The number of nitrogens with zero attached hydrogens (tertiary/aromatic N) is 2. The zero-order valence-electron chi connectivity index (χ0n) is 13.2. The molecule has 0 aliphatic heterocycles. The van der Waals surface area contributed by atoms with Gasteiger partial charge in [-0.3, -0.25) is 4.79 Å². The lowest BCUT2D eigenvalue weighted by Gasteiger charge is -2.15. The molecule has 1 N–H and O–H groups in total. The maximum Gasteiger partial charge on any atom is 0.266 e. The smallest absolute Gasteiger partial charge is 0.266 e. The van der Waals surface area contributed by atoms with Crippen LogP contribution >= 0.6 is 0 Å². The van der Waals surface area contributed by atoms with Crippen LogP contribution in [0.25, 0.3) is 10.9 Å². The molecule has 0 fully saturated rings. The molecule has 1 aromatic carbocycles. The lowest BCUT2D eigenvalue weighted by Crippen LogP contribution is -2.30. The number of benzene rings is 1. The van der Waals surface area contributed by atoms with Gasteiger partial charge in [0.25, 0.3) is 5.91 Å². The Morgan fingerprint density at radius 1 is 1.26 bits per heavy atom. The number of nitrogens with one attached hydrogen (secondary N) is 1. The molecule has 0 aliphatic carbocycles. The molecule has 1 amide bonds. The van der Waals surface area contributed by atoms with Crippen LogP contribution in [0.5, 0.6) is 5.75 Å². The van der Waals surface area contributed by atoms with Crippen LogP contribution in [0.15, 0.2) is 40.9 Å². The van der Waals surface area contributed by atoms with Gasteiger partial charge in [0.05, 0.1) is 0 Å². The number of fused-ring (bicyclic) bond motifs is 1. The number of carbonyl (C=O) groups is 1. The van der Waals surface area contributed by atoms with Crippen LogP contribution in [-0.4, -0.2) is 22.2 Å². The maximum atomic E-state index is 12.2. The maximum absolute atomic E-state index is 12.2. The molecule has 118 valence electrons. The monoisotopic (exact) mass is 311 g/mol. The van der Waals surface area contributed by atoms with Crippen LogP contribution in [-0.2, 0) is 4.79 Å². The Bertz CT molecular complexity index is 857. The molecule has 0 saturated heterocycles. The Kier molecular flexibility index (Phi) is 3.97. The number of para-hydroxylation sites is 1. The first-order valence-corrected chi connectivity index (χ1v) is 7.30. The molecule has 0 spiro atoms. The third-order valence-electron chi connectivity index (χ3n) is 3.37. The number of rotatable bonds is 4. The van der Waals surface area contributed by atoms with Gasteiger partial charge >= 0.3 is 0 Å². The van der Waals surface area contributed by atoms with E-state index < -0.39 is 6.10 Å². The average molecular weight is 311 g/mol. The Balaban J connectivity index is 1.78. The van der Waals surface area contributed by atoms with Gasteiger partial charge in [-0.2, -0.15) is 0 Å². The van der Waals surface area contributed by atoms with Gasteiger partial charge < -0.3 is 14.6 Å². The van der Waals surface area contributed by atoms with Crippen molar-refractivity contribution in [3.05, 3.63) is 47.9 Å². The molecule has 0 bridgehead atoms. The van der Waals surface area contributed by atoms with Gasteiger partial charge in [-0.25, -0.2) is 4.98 Å². The predicted molar refractivity (Wildman–Crippen MR) is 86.4 cm³/mol. The highest BCUT2D eigenvalue weighted by atomic mass is 16.5. The van der Waals surface area contributed by atoms with Crippen molar-refractivity contribution in [3.63, 3.8) is 0 Å². The topological polar surface area (TPSA) is 77.2 Å². The molecule has 1 atom stereocenters. The number of amides is 1. The first kappa shape index (κ1) is 15.0. The molecule has 3 aromatic rings. The molecule has 0 radical (unpaired) electrons. The van der Waals surface area contributed by atoms with Gasteiger partial charge in [-0.1, -0.05) is 23.4 Å². The summed E-state index contributed by atoms with van der Waals surface area (Å²) >= 11 is 0. The van der Waals surface area contributed by atoms with Crippen LogP contribution in [0.1, 0.15) is 18.4 Å². The second kappa shape index (κ2) is 6.08. The number of carbonyl (C=O) groups excluding carboxylic acids is 1. The zero-order chi connectivity index (χ0) is 16.4. The average Bonchev–Trinajstić information content (AvgIpc) is 2.93. The quantitative estimate of drug-likeness (QED) is 0.800. The number of pyridine rings is 1. The fourth-order valence-electron chi connectivity index (χ4n) is 2.21. The van der Waals surface area contributed by atoms with E-state index in [0.717, 1.165) is 16.6 Å². The lowest BCUT2D eigenvalue weighted by molar-refractivity contribution is -0.122. The van der Waals surface area contributed by atoms with E-state index in [9.17, 15) is 4.79 Å². The fourth-order valence-corrected chi connectivity index (χ4v) is 2.21. The standard InChI is InChI=1S/C17H17N3O3/c1-10-7-8-13-5-4-6-14(16(13)18-10)22-12(3)17(21)19-15-9-11(2)23-20-15/h4-9,12H,1-3H3,(H,19,20,21)/t12-/m1/s1. The highest BCUT2D eigenvalue weighted by molar-refractivity contribution is 5.93. The van der Waals surface area contributed by atoms with E-state index in [1.807, 2.05) is 31.2 Å². The predicted octanol–water partition coefficient (Wildman–Crippen LogP) is 3.25. The van der Waals surface area contributed by atoms with E-state index in [4.69, 9.17) is 9.26 Å². The van der Waals surface area contributed by atoms with Gasteiger partial charge in [-0.15, -0.1) is 0 Å². The summed E-state index contributed by atoms with van der Waals surface area (Å²) in [6.07, 6.45) is -0.695. The van der Waals surface area contributed by atoms with Crippen molar-refractivity contribution in [1.82, 2.24) is 10.1 Å². The summed E-state index contributed by atoms with van der Waals surface area (Å²) in [5, 5.41) is 7.35. The van der Waals surface area contributed by atoms with Gasteiger partial charge in [0.1, 0.15) is 17.0 Å². The summed E-state index contributed by atoms with van der Waals surface area (Å²) < 4.78 is 10.7. The lowest BCUT2D eigenvalue weighted by atomic mass is 10.2. The normalized spacial score (nSPS) is 12.1. The molecule has 6 heteroatoms. The second-order valence-electron chi connectivity index (χ2n) is 5.35. The molecular formula is C17H17N3O3. The molecule has 2 heterocycles. The Hall–Kier alpha value is -2.89. The van der Waals surface area contributed by atoms with Crippen molar-refractivity contribution in [2.45, 2.75) is 26.9 Å². The largest absolute Gasteiger partial charge is 0.479 e. The SMILES string of the molecule is Cc1ccc2cccc(O[C@H](C)C(=O)Nc3cc(C)on3)c2n1. The summed E-state index contributed by atoms with van der Waals surface area (Å²) in [7, 11) is 0. The van der Waals surface area contributed by atoms with Crippen molar-refractivity contribution in [3.8, 4) is 5.75 Å². The van der Waals surface area contributed by atoms with Crippen molar-refractivity contribution < 1.29 is 14.1 Å². The zero-order valence-corrected chi connectivity index (χ0v) is 13.2. The molecule has 6 nitrogen and oxygen atoms in total. The Morgan fingerprint density at radius 2 is 2.09 bits per heavy atom. The molecule has 0 unspecified atom stereocenters. The van der Waals surface area contributed by atoms with E-state index in [-0.39, 0.29) is 5.91 Å². The summed E-state index contributed by atoms with van der Waals surface area (Å²) in [5.74, 6) is 1.27. The van der Waals surface area contributed by atoms with E-state index in [2.05, 4.69) is 15.5 Å². The minimum atomic E-state index is -0.695. The Labute approximate surface area is 133 Å². The molecule has 2 aromatic heterocycles. The highest BCUT2D eigenvalue weighted by Gasteiger charge is 2.18. The third kappa shape index (κ3) is 3.31. The molecule has 3 rings (SSSR count). The van der Waals surface area contributed by atoms with Gasteiger partial charge in [0.2, 0.25) is 0 Å². The van der Waals surface area contributed by atoms with Crippen molar-refractivity contribution in [1.29, 1.82) is 0 Å². The second-order valence-corrected chi connectivity index (χ2v) is 5.35. The molecule has 23 heavy (non-hydrogen) atoms. The summed E-state index contributed by atoms with van der Waals surface area (Å²) in [4.78, 5) is 16.7.